The summed E-state index contributed by atoms with van der Waals surface area (Å²) in [6, 6.07) is 8.44. The second kappa shape index (κ2) is 13.5. The van der Waals surface area contributed by atoms with Gasteiger partial charge in [0.2, 0.25) is 0 Å². The van der Waals surface area contributed by atoms with E-state index >= 15 is 0 Å². The fraction of sp³-hybridized carbons (Fsp3) is 0.550. The van der Waals surface area contributed by atoms with Gasteiger partial charge < -0.3 is 15.4 Å². The monoisotopic (exact) mass is 500 g/mol. The van der Waals surface area contributed by atoms with Gasteiger partial charge in [-0.1, -0.05) is 38.1 Å². The third-order valence-corrected chi connectivity index (χ3v) is 4.33. The molecule has 0 amide bonds. The first kappa shape index (κ1) is 24.4. The van der Waals surface area contributed by atoms with Gasteiger partial charge in [0, 0.05) is 26.7 Å². The van der Waals surface area contributed by atoms with Crippen molar-refractivity contribution in [1.82, 2.24) is 25.4 Å². The molecule has 0 saturated heterocycles. The molecule has 0 aliphatic heterocycles. The average Bonchev–Trinajstić information content (AvgIpc) is 3.16. The summed E-state index contributed by atoms with van der Waals surface area (Å²) in [6.07, 6.45) is 4.51. The van der Waals surface area contributed by atoms with Gasteiger partial charge in [0.15, 0.2) is 5.96 Å². The summed E-state index contributed by atoms with van der Waals surface area (Å²) >= 11 is 0. The lowest BCUT2D eigenvalue weighted by Crippen LogP contribution is -2.38. The maximum absolute atomic E-state index is 5.79. The molecule has 2 N–H and O–H groups in total. The number of ether oxygens (including phenoxy) is 1. The van der Waals surface area contributed by atoms with Crippen LogP contribution in [-0.4, -0.2) is 47.0 Å². The molecule has 2 aromatic rings. The summed E-state index contributed by atoms with van der Waals surface area (Å²) in [5.74, 6) is 1.31. The Morgan fingerprint density at radius 1 is 1.25 bits per heavy atom. The number of aliphatic imine (C=N–C) groups is 1. The van der Waals surface area contributed by atoms with Crippen LogP contribution in [0.2, 0.25) is 0 Å². The minimum atomic E-state index is 0. The van der Waals surface area contributed by atoms with E-state index in [1.54, 1.807) is 19.7 Å². The van der Waals surface area contributed by atoms with Crippen molar-refractivity contribution in [3.8, 4) is 0 Å². The maximum atomic E-state index is 5.79. The van der Waals surface area contributed by atoms with Crippen LogP contribution >= 0.6 is 24.0 Å². The summed E-state index contributed by atoms with van der Waals surface area (Å²) < 4.78 is 7.61. The van der Waals surface area contributed by atoms with Crippen molar-refractivity contribution >= 4 is 29.9 Å². The number of nitrogens with zero attached hydrogens (tertiary/aromatic N) is 4. The highest BCUT2D eigenvalue weighted by atomic mass is 127. The lowest BCUT2D eigenvalue weighted by molar-refractivity contribution is 0.0258. The number of aromatic nitrogens is 3. The Bertz CT molecular complexity index is 690. The van der Waals surface area contributed by atoms with Crippen LogP contribution < -0.4 is 10.6 Å². The van der Waals surface area contributed by atoms with E-state index in [4.69, 9.17) is 4.74 Å². The molecule has 8 heteroatoms. The van der Waals surface area contributed by atoms with Gasteiger partial charge >= 0.3 is 0 Å². The summed E-state index contributed by atoms with van der Waals surface area (Å²) in [4.78, 5) is 8.29. The van der Waals surface area contributed by atoms with Crippen molar-refractivity contribution in [2.24, 2.45) is 10.9 Å². The van der Waals surface area contributed by atoms with E-state index in [1.807, 2.05) is 11.6 Å². The molecule has 7 nitrogen and oxygen atoms in total. The number of hydrogen-bond acceptors (Lipinski definition) is 4. The zero-order valence-corrected chi connectivity index (χ0v) is 19.6. The highest BCUT2D eigenvalue weighted by Crippen LogP contribution is 2.10. The molecule has 0 aliphatic rings. The topological polar surface area (TPSA) is 76.4 Å². The van der Waals surface area contributed by atoms with Gasteiger partial charge in [0.1, 0.15) is 12.7 Å². The Balaban J connectivity index is 0.00000392. The molecule has 156 valence electrons. The zero-order chi connectivity index (χ0) is 19.5. The molecule has 0 fully saturated rings. The molecule has 0 saturated carbocycles. The molecule has 1 aromatic carbocycles. The Morgan fingerprint density at radius 3 is 2.68 bits per heavy atom. The first-order chi connectivity index (χ1) is 13.1. The van der Waals surface area contributed by atoms with E-state index < -0.39 is 0 Å². The Hall–Kier alpha value is -1.68. The number of hydrogen-bond donors (Lipinski definition) is 2. The third-order valence-electron chi connectivity index (χ3n) is 4.33. The molecule has 0 aliphatic carbocycles. The number of guanidine groups is 1. The van der Waals surface area contributed by atoms with Crippen LogP contribution in [0, 0.1) is 5.92 Å². The number of rotatable bonds is 10. The van der Waals surface area contributed by atoms with Crippen LogP contribution in [0.15, 0.2) is 41.9 Å². The quantitative estimate of drug-likeness (QED) is 0.298. The Kier molecular flexibility index (Phi) is 11.7. The minimum Gasteiger partial charge on any atom is -0.378 e. The second-order valence-electron chi connectivity index (χ2n) is 6.79. The Morgan fingerprint density at radius 2 is 2.04 bits per heavy atom. The van der Waals surface area contributed by atoms with Crippen LogP contribution in [-0.2, 0) is 17.8 Å². The second-order valence-corrected chi connectivity index (χ2v) is 6.79. The van der Waals surface area contributed by atoms with Crippen LogP contribution in [0.5, 0.6) is 0 Å². The van der Waals surface area contributed by atoms with E-state index in [1.165, 1.54) is 11.1 Å². The normalized spacial score (nSPS) is 12.5. The van der Waals surface area contributed by atoms with Crippen LogP contribution in [0.3, 0.4) is 0 Å². The summed E-state index contributed by atoms with van der Waals surface area (Å²) in [5.41, 5.74) is 2.39. The van der Waals surface area contributed by atoms with Crippen LogP contribution in [0.1, 0.15) is 38.3 Å². The molecular formula is C20H33IN6O. The SMILES string of the molecule is CCOC(CCNC(=NC)NCc1cccc(Cn2cncn2)c1)C(C)C.I. The molecule has 1 heterocycles. The first-order valence-corrected chi connectivity index (χ1v) is 9.58. The van der Waals surface area contributed by atoms with Crippen molar-refractivity contribution in [2.45, 2.75) is 46.4 Å². The zero-order valence-electron chi connectivity index (χ0n) is 17.3. The third kappa shape index (κ3) is 8.55. The number of benzene rings is 1. The van der Waals surface area contributed by atoms with Crippen molar-refractivity contribution in [3.63, 3.8) is 0 Å². The molecule has 0 spiro atoms. The predicted molar refractivity (Wildman–Crippen MR) is 124 cm³/mol. The molecule has 1 aromatic heterocycles. The summed E-state index contributed by atoms with van der Waals surface area (Å²) in [6.45, 7) is 9.44. The molecule has 1 unspecified atom stereocenters. The fourth-order valence-corrected chi connectivity index (χ4v) is 2.90. The fourth-order valence-electron chi connectivity index (χ4n) is 2.90. The lowest BCUT2D eigenvalue weighted by Gasteiger charge is -2.21. The standard InChI is InChI=1S/C20H32N6O.HI/c1-5-27-19(16(2)3)9-10-23-20(21-4)24-12-17-7-6-8-18(11-17)13-26-15-22-14-25-26;/h6-8,11,14-16,19H,5,9-10,12-13H2,1-4H3,(H2,21,23,24);1H. The molecule has 1 atom stereocenters. The summed E-state index contributed by atoms with van der Waals surface area (Å²) in [5, 5.41) is 10.9. The smallest absolute Gasteiger partial charge is 0.191 e. The van der Waals surface area contributed by atoms with Crippen LogP contribution in [0.25, 0.3) is 0 Å². The lowest BCUT2D eigenvalue weighted by atomic mass is 10.0. The van der Waals surface area contributed by atoms with Gasteiger partial charge in [-0.25, -0.2) is 9.67 Å². The number of halogens is 1. The molecule has 0 bridgehead atoms. The van der Waals surface area contributed by atoms with E-state index in [0.717, 1.165) is 32.1 Å². The van der Waals surface area contributed by atoms with Crippen molar-refractivity contribution in [2.75, 3.05) is 20.2 Å². The van der Waals surface area contributed by atoms with E-state index in [-0.39, 0.29) is 30.1 Å². The summed E-state index contributed by atoms with van der Waals surface area (Å²) in [7, 11) is 1.79. The van der Waals surface area contributed by atoms with Gasteiger partial charge in [0.05, 0.1) is 12.6 Å². The van der Waals surface area contributed by atoms with Gasteiger partial charge in [-0.2, -0.15) is 5.10 Å². The van der Waals surface area contributed by atoms with Gasteiger partial charge in [-0.05, 0) is 30.4 Å². The molecule has 2 rings (SSSR count). The van der Waals surface area contributed by atoms with Crippen molar-refractivity contribution < 1.29 is 4.74 Å². The molecule has 0 radical (unpaired) electrons. The van der Waals surface area contributed by atoms with E-state index in [2.05, 4.69) is 63.8 Å². The molecular weight excluding hydrogens is 467 g/mol. The van der Waals surface area contributed by atoms with Crippen LogP contribution in [0.4, 0.5) is 0 Å². The molecule has 28 heavy (non-hydrogen) atoms. The highest BCUT2D eigenvalue weighted by molar-refractivity contribution is 14.0. The minimum absolute atomic E-state index is 0. The van der Waals surface area contributed by atoms with Crippen molar-refractivity contribution in [3.05, 3.63) is 48.0 Å². The number of nitrogens with one attached hydrogen (secondary N) is 2. The highest BCUT2D eigenvalue weighted by Gasteiger charge is 2.12. The van der Waals surface area contributed by atoms with Gasteiger partial charge in [-0.3, -0.25) is 4.99 Å². The van der Waals surface area contributed by atoms with Crippen molar-refractivity contribution in [1.29, 1.82) is 0 Å². The van der Waals surface area contributed by atoms with E-state index in [0.29, 0.717) is 12.5 Å². The Labute approximate surface area is 185 Å². The maximum Gasteiger partial charge on any atom is 0.191 e. The van der Waals surface area contributed by atoms with Gasteiger partial charge in [-0.15, -0.1) is 24.0 Å². The first-order valence-electron chi connectivity index (χ1n) is 9.58. The van der Waals surface area contributed by atoms with Gasteiger partial charge in [0.25, 0.3) is 0 Å². The van der Waals surface area contributed by atoms with E-state index in [9.17, 15) is 0 Å². The average molecular weight is 500 g/mol. The largest absolute Gasteiger partial charge is 0.378 e. The predicted octanol–water partition coefficient (Wildman–Crippen LogP) is 3.06.